The maximum Gasteiger partial charge on any atom is 0.243 e. The van der Waals surface area contributed by atoms with Crippen LogP contribution in [0.25, 0.3) is 0 Å². The number of methoxy groups -OCH3 is 2. The number of benzene rings is 1. The van der Waals surface area contributed by atoms with Gasteiger partial charge in [-0.3, -0.25) is 9.69 Å². The van der Waals surface area contributed by atoms with Gasteiger partial charge in [-0.25, -0.2) is 9.97 Å². The van der Waals surface area contributed by atoms with Crippen LogP contribution in [0.2, 0.25) is 0 Å². The third-order valence-corrected chi connectivity index (χ3v) is 3.28. The van der Waals surface area contributed by atoms with Gasteiger partial charge < -0.3 is 9.47 Å². The van der Waals surface area contributed by atoms with Crippen molar-refractivity contribution in [3.63, 3.8) is 0 Å². The second kappa shape index (κ2) is 7.61. The molecule has 0 saturated carbocycles. The molecule has 0 aliphatic heterocycles. The SMILES string of the molecule is COc1ccc(CN(C(=O)CCl)c2ccncn2)cc1OC. The van der Waals surface area contributed by atoms with Gasteiger partial charge >= 0.3 is 0 Å². The molecule has 0 radical (unpaired) electrons. The predicted molar refractivity (Wildman–Crippen MR) is 83.5 cm³/mol. The third kappa shape index (κ3) is 3.65. The first-order chi connectivity index (χ1) is 10.7. The zero-order valence-electron chi connectivity index (χ0n) is 12.3. The van der Waals surface area contributed by atoms with Crippen molar-refractivity contribution < 1.29 is 14.3 Å². The topological polar surface area (TPSA) is 64.5 Å². The van der Waals surface area contributed by atoms with E-state index in [1.54, 1.807) is 32.5 Å². The number of ether oxygens (including phenoxy) is 2. The van der Waals surface area contributed by atoms with Crippen LogP contribution in [-0.2, 0) is 11.3 Å². The monoisotopic (exact) mass is 321 g/mol. The molecule has 1 aromatic heterocycles. The molecule has 116 valence electrons. The fourth-order valence-electron chi connectivity index (χ4n) is 1.97. The molecule has 0 atom stereocenters. The molecule has 0 aliphatic carbocycles. The van der Waals surface area contributed by atoms with Crippen LogP contribution in [0.15, 0.2) is 36.8 Å². The van der Waals surface area contributed by atoms with E-state index in [4.69, 9.17) is 21.1 Å². The van der Waals surface area contributed by atoms with Gasteiger partial charge in [0.1, 0.15) is 18.0 Å². The lowest BCUT2D eigenvalue weighted by atomic mass is 10.2. The minimum absolute atomic E-state index is 0.128. The number of hydrogen-bond acceptors (Lipinski definition) is 5. The normalized spacial score (nSPS) is 10.1. The number of aromatic nitrogens is 2. The Hall–Kier alpha value is -2.34. The van der Waals surface area contributed by atoms with Crippen LogP contribution in [-0.4, -0.2) is 36.0 Å². The highest BCUT2D eigenvalue weighted by Gasteiger charge is 2.17. The summed E-state index contributed by atoms with van der Waals surface area (Å²) >= 11 is 5.69. The van der Waals surface area contributed by atoms with Crippen molar-refractivity contribution in [3.05, 3.63) is 42.4 Å². The fourth-order valence-corrected chi connectivity index (χ4v) is 2.12. The highest BCUT2D eigenvalue weighted by atomic mass is 35.5. The molecular weight excluding hydrogens is 306 g/mol. The highest BCUT2D eigenvalue weighted by Crippen LogP contribution is 2.28. The summed E-state index contributed by atoms with van der Waals surface area (Å²) < 4.78 is 10.5. The Kier molecular flexibility index (Phi) is 5.55. The minimum Gasteiger partial charge on any atom is -0.493 e. The molecule has 1 aromatic carbocycles. The number of carbonyl (C=O) groups excluding carboxylic acids is 1. The predicted octanol–water partition coefficient (Wildman–Crippen LogP) is 2.27. The van der Waals surface area contributed by atoms with E-state index >= 15 is 0 Å². The summed E-state index contributed by atoms with van der Waals surface area (Å²) in [4.78, 5) is 21.5. The Morgan fingerprint density at radius 3 is 2.59 bits per heavy atom. The third-order valence-electron chi connectivity index (χ3n) is 3.05. The summed E-state index contributed by atoms with van der Waals surface area (Å²) in [5, 5.41) is 0. The Morgan fingerprint density at radius 1 is 1.23 bits per heavy atom. The molecule has 0 unspecified atom stereocenters. The van der Waals surface area contributed by atoms with Crippen molar-refractivity contribution in [2.24, 2.45) is 0 Å². The average Bonchev–Trinajstić information content (AvgIpc) is 2.59. The van der Waals surface area contributed by atoms with Crippen molar-refractivity contribution in [1.29, 1.82) is 0 Å². The number of nitrogens with zero attached hydrogens (tertiary/aromatic N) is 3. The maximum absolute atomic E-state index is 12.1. The molecule has 1 amide bonds. The first-order valence-corrected chi connectivity index (χ1v) is 7.06. The molecule has 0 bridgehead atoms. The Balaban J connectivity index is 2.30. The van der Waals surface area contributed by atoms with Crippen LogP contribution in [0.3, 0.4) is 0 Å². The van der Waals surface area contributed by atoms with Crippen LogP contribution in [0.1, 0.15) is 5.56 Å². The van der Waals surface area contributed by atoms with Gasteiger partial charge in [-0.1, -0.05) is 6.07 Å². The quantitative estimate of drug-likeness (QED) is 0.764. The zero-order valence-corrected chi connectivity index (χ0v) is 13.1. The average molecular weight is 322 g/mol. The van der Waals surface area contributed by atoms with E-state index in [9.17, 15) is 4.79 Å². The van der Waals surface area contributed by atoms with Gasteiger partial charge in [0, 0.05) is 6.20 Å². The summed E-state index contributed by atoms with van der Waals surface area (Å²) in [6.07, 6.45) is 2.96. The fraction of sp³-hybridized carbons (Fsp3) is 0.267. The number of alkyl halides is 1. The van der Waals surface area contributed by atoms with Gasteiger partial charge in [0.25, 0.3) is 0 Å². The van der Waals surface area contributed by atoms with Gasteiger partial charge in [0.05, 0.1) is 20.8 Å². The number of amides is 1. The number of carbonyl (C=O) groups is 1. The van der Waals surface area contributed by atoms with Gasteiger partial charge in [-0.15, -0.1) is 11.6 Å². The Labute approximate surface area is 133 Å². The van der Waals surface area contributed by atoms with E-state index in [1.807, 2.05) is 12.1 Å². The molecule has 0 fully saturated rings. The van der Waals surface area contributed by atoms with Crippen molar-refractivity contribution in [2.45, 2.75) is 6.54 Å². The summed E-state index contributed by atoms with van der Waals surface area (Å²) in [5.41, 5.74) is 0.870. The number of halogens is 1. The lowest BCUT2D eigenvalue weighted by molar-refractivity contribution is -0.116. The lowest BCUT2D eigenvalue weighted by Crippen LogP contribution is -2.32. The summed E-state index contributed by atoms with van der Waals surface area (Å²) in [7, 11) is 3.13. The van der Waals surface area contributed by atoms with Crippen LogP contribution in [0.4, 0.5) is 5.82 Å². The van der Waals surface area contributed by atoms with Crippen LogP contribution >= 0.6 is 11.6 Å². The maximum atomic E-state index is 12.1. The zero-order chi connectivity index (χ0) is 15.9. The van der Waals surface area contributed by atoms with Gasteiger partial charge in [0.2, 0.25) is 5.91 Å². The number of hydrogen-bond donors (Lipinski definition) is 0. The van der Waals surface area contributed by atoms with Crippen LogP contribution < -0.4 is 14.4 Å². The standard InChI is InChI=1S/C15H16ClN3O3/c1-21-12-4-3-11(7-13(12)22-2)9-19(15(20)8-16)14-5-6-17-10-18-14/h3-7,10H,8-9H2,1-2H3. The van der Waals surface area contributed by atoms with Crippen molar-refractivity contribution >= 4 is 23.3 Å². The highest BCUT2D eigenvalue weighted by molar-refractivity contribution is 6.29. The molecule has 6 nitrogen and oxygen atoms in total. The molecule has 0 saturated heterocycles. The molecule has 2 rings (SSSR count). The van der Waals surface area contributed by atoms with E-state index in [0.717, 1.165) is 5.56 Å². The molecule has 0 N–H and O–H groups in total. The minimum atomic E-state index is -0.241. The van der Waals surface area contributed by atoms with Gasteiger partial charge in [-0.05, 0) is 23.8 Å². The number of rotatable bonds is 6. The van der Waals surface area contributed by atoms with E-state index in [2.05, 4.69) is 9.97 Å². The first-order valence-electron chi connectivity index (χ1n) is 6.52. The smallest absolute Gasteiger partial charge is 0.243 e. The molecule has 1 heterocycles. The van der Waals surface area contributed by atoms with Crippen molar-refractivity contribution in [2.75, 3.05) is 25.0 Å². The van der Waals surface area contributed by atoms with Crippen LogP contribution in [0.5, 0.6) is 11.5 Å². The first kappa shape index (κ1) is 16.0. The van der Waals surface area contributed by atoms with Gasteiger partial charge in [0.15, 0.2) is 11.5 Å². The van der Waals surface area contributed by atoms with E-state index in [-0.39, 0.29) is 11.8 Å². The van der Waals surface area contributed by atoms with Crippen molar-refractivity contribution in [1.82, 2.24) is 9.97 Å². The Morgan fingerprint density at radius 2 is 2.00 bits per heavy atom. The van der Waals surface area contributed by atoms with Crippen molar-refractivity contribution in [3.8, 4) is 11.5 Å². The summed E-state index contributed by atoms with van der Waals surface area (Å²) in [6, 6.07) is 7.12. The summed E-state index contributed by atoms with van der Waals surface area (Å²) in [5.74, 6) is 1.35. The van der Waals surface area contributed by atoms with E-state index < -0.39 is 0 Å². The van der Waals surface area contributed by atoms with Gasteiger partial charge in [-0.2, -0.15) is 0 Å². The molecule has 0 spiro atoms. The molecule has 0 aliphatic rings. The largest absolute Gasteiger partial charge is 0.493 e. The number of anilines is 1. The molecular formula is C15H16ClN3O3. The second-order valence-corrected chi connectivity index (χ2v) is 4.64. The lowest BCUT2D eigenvalue weighted by Gasteiger charge is -2.21. The molecule has 2 aromatic rings. The summed E-state index contributed by atoms with van der Waals surface area (Å²) in [6.45, 7) is 0.322. The van der Waals surface area contributed by atoms with Crippen LogP contribution in [0, 0.1) is 0 Å². The molecule has 22 heavy (non-hydrogen) atoms. The second-order valence-electron chi connectivity index (χ2n) is 4.37. The van der Waals surface area contributed by atoms with E-state index in [1.165, 1.54) is 11.2 Å². The molecule has 7 heteroatoms. The van der Waals surface area contributed by atoms with E-state index in [0.29, 0.717) is 23.9 Å². The Bertz CT molecular complexity index is 637.